The molecule has 0 N–H and O–H groups in total. The van der Waals surface area contributed by atoms with Crippen molar-refractivity contribution >= 4 is 11.6 Å². The molecule has 0 aliphatic heterocycles. The Bertz CT molecular complexity index is 350. The second kappa shape index (κ2) is 5.18. The zero-order valence-electron chi connectivity index (χ0n) is 10.1. The van der Waals surface area contributed by atoms with Crippen LogP contribution in [0.25, 0.3) is 0 Å². The molecule has 0 radical (unpaired) electrons. The number of rotatable bonds is 3. The molecule has 16 heavy (non-hydrogen) atoms. The number of hydrogen-bond acceptors (Lipinski definition) is 1. The van der Waals surface area contributed by atoms with Gasteiger partial charge in [-0.05, 0) is 36.8 Å². The molecule has 0 amide bonds. The lowest BCUT2D eigenvalue weighted by atomic mass is 9.91. The van der Waals surface area contributed by atoms with Crippen molar-refractivity contribution in [3.63, 3.8) is 0 Å². The summed E-state index contributed by atoms with van der Waals surface area (Å²) < 4.78 is 0. The van der Waals surface area contributed by atoms with Gasteiger partial charge in [0.1, 0.15) is 0 Å². The summed E-state index contributed by atoms with van der Waals surface area (Å²) in [4.78, 5) is 4.43. The van der Waals surface area contributed by atoms with Crippen LogP contribution in [-0.2, 0) is 6.42 Å². The molecular weight excluding hydrogens is 218 g/mol. The first-order valence-corrected chi connectivity index (χ1v) is 6.66. The first-order valence-electron chi connectivity index (χ1n) is 6.23. The van der Waals surface area contributed by atoms with E-state index in [0.717, 1.165) is 12.3 Å². The van der Waals surface area contributed by atoms with E-state index in [-0.39, 0.29) is 5.38 Å². The number of pyridine rings is 1. The minimum atomic E-state index is 0.256. The third kappa shape index (κ3) is 2.57. The van der Waals surface area contributed by atoms with Gasteiger partial charge in [0.15, 0.2) is 0 Å². The van der Waals surface area contributed by atoms with Gasteiger partial charge < -0.3 is 0 Å². The maximum absolute atomic E-state index is 6.55. The third-order valence-electron chi connectivity index (χ3n) is 3.90. The smallest absolute Gasteiger partial charge is 0.0447 e. The maximum atomic E-state index is 6.55. The van der Waals surface area contributed by atoms with Crippen molar-refractivity contribution in [2.24, 2.45) is 11.8 Å². The molecule has 0 spiro atoms. The maximum Gasteiger partial charge on any atom is 0.0447 e. The van der Waals surface area contributed by atoms with E-state index in [0.29, 0.717) is 5.92 Å². The molecule has 1 aliphatic rings. The van der Waals surface area contributed by atoms with Crippen molar-refractivity contribution in [3.8, 4) is 0 Å². The van der Waals surface area contributed by atoms with Gasteiger partial charge in [-0.15, -0.1) is 11.6 Å². The van der Waals surface area contributed by atoms with Crippen LogP contribution in [0.1, 0.15) is 37.4 Å². The second-order valence-corrected chi connectivity index (χ2v) is 5.62. The highest BCUT2D eigenvalue weighted by Gasteiger charge is 2.30. The molecule has 1 heterocycles. The lowest BCUT2D eigenvalue weighted by Crippen LogP contribution is -2.20. The van der Waals surface area contributed by atoms with Gasteiger partial charge in [0.25, 0.3) is 0 Å². The molecule has 1 aromatic heterocycles. The highest BCUT2D eigenvalue weighted by atomic mass is 35.5. The van der Waals surface area contributed by atoms with Crippen molar-refractivity contribution in [2.45, 2.75) is 44.9 Å². The van der Waals surface area contributed by atoms with E-state index >= 15 is 0 Å². The van der Waals surface area contributed by atoms with Gasteiger partial charge in [-0.2, -0.15) is 0 Å². The Labute approximate surface area is 103 Å². The van der Waals surface area contributed by atoms with Gasteiger partial charge in [-0.1, -0.05) is 25.8 Å². The number of hydrogen-bond donors (Lipinski definition) is 0. The molecule has 1 nitrogen and oxygen atoms in total. The quantitative estimate of drug-likeness (QED) is 0.725. The van der Waals surface area contributed by atoms with Gasteiger partial charge in [-0.3, -0.25) is 4.98 Å². The van der Waals surface area contributed by atoms with Crippen LogP contribution in [0.15, 0.2) is 18.3 Å². The predicted molar refractivity (Wildman–Crippen MR) is 68.8 cm³/mol. The molecule has 1 fully saturated rings. The van der Waals surface area contributed by atoms with Gasteiger partial charge in [0.2, 0.25) is 0 Å². The van der Waals surface area contributed by atoms with E-state index < -0.39 is 0 Å². The van der Waals surface area contributed by atoms with Crippen molar-refractivity contribution in [1.29, 1.82) is 0 Å². The number of aromatic nitrogens is 1. The van der Waals surface area contributed by atoms with Gasteiger partial charge >= 0.3 is 0 Å². The van der Waals surface area contributed by atoms with Gasteiger partial charge in [-0.25, -0.2) is 0 Å². The summed E-state index contributed by atoms with van der Waals surface area (Å²) in [6.45, 7) is 4.45. The van der Waals surface area contributed by atoms with Gasteiger partial charge in [0.05, 0.1) is 0 Å². The first kappa shape index (κ1) is 11.9. The van der Waals surface area contributed by atoms with Crippen LogP contribution in [0.5, 0.6) is 0 Å². The van der Waals surface area contributed by atoms with Gasteiger partial charge in [0, 0.05) is 23.7 Å². The molecule has 0 saturated heterocycles. The molecule has 2 heteroatoms. The highest BCUT2D eigenvalue weighted by Crippen LogP contribution is 2.37. The van der Waals surface area contributed by atoms with Crippen LogP contribution in [0.4, 0.5) is 0 Å². The molecule has 0 bridgehead atoms. The summed E-state index contributed by atoms with van der Waals surface area (Å²) in [5, 5.41) is 0.256. The van der Waals surface area contributed by atoms with Crippen molar-refractivity contribution < 1.29 is 0 Å². The molecule has 88 valence electrons. The predicted octanol–water partition coefficient (Wildman–Crippen LogP) is 3.98. The van der Waals surface area contributed by atoms with E-state index in [9.17, 15) is 0 Å². The fourth-order valence-corrected chi connectivity index (χ4v) is 3.30. The molecule has 1 aliphatic carbocycles. The number of aryl methyl sites for hydroxylation is 1. The SMILES string of the molecule is Cc1cccnc1CC(Cl)C1CCCC1C. The molecular formula is C14H20ClN. The number of alkyl halides is 1. The standard InChI is InChI=1S/C14H20ClN/c1-10-5-3-7-12(10)13(15)9-14-11(2)6-4-8-16-14/h4,6,8,10,12-13H,3,5,7,9H2,1-2H3. The highest BCUT2D eigenvalue weighted by molar-refractivity contribution is 6.20. The fraction of sp³-hybridized carbons (Fsp3) is 0.643. The molecule has 0 aromatic carbocycles. The Morgan fingerprint density at radius 1 is 1.50 bits per heavy atom. The normalized spacial score (nSPS) is 26.9. The van der Waals surface area contributed by atoms with Crippen LogP contribution in [0.2, 0.25) is 0 Å². The lowest BCUT2D eigenvalue weighted by molar-refractivity contribution is 0.397. The second-order valence-electron chi connectivity index (χ2n) is 5.06. The summed E-state index contributed by atoms with van der Waals surface area (Å²) in [5.41, 5.74) is 2.43. The summed E-state index contributed by atoms with van der Waals surface area (Å²) >= 11 is 6.55. The zero-order chi connectivity index (χ0) is 11.5. The van der Waals surface area contributed by atoms with E-state index in [2.05, 4.69) is 24.9 Å². The summed E-state index contributed by atoms with van der Waals surface area (Å²) in [6.07, 6.45) is 6.76. The van der Waals surface area contributed by atoms with Crippen LogP contribution < -0.4 is 0 Å². The van der Waals surface area contributed by atoms with E-state index in [4.69, 9.17) is 11.6 Å². The lowest BCUT2D eigenvalue weighted by Gasteiger charge is -2.21. The van der Waals surface area contributed by atoms with E-state index in [1.807, 2.05) is 12.3 Å². The zero-order valence-corrected chi connectivity index (χ0v) is 10.9. The Kier molecular flexibility index (Phi) is 3.86. The molecule has 3 unspecified atom stereocenters. The Morgan fingerprint density at radius 3 is 2.94 bits per heavy atom. The average molecular weight is 238 g/mol. The summed E-state index contributed by atoms with van der Waals surface area (Å²) in [6, 6.07) is 4.10. The monoisotopic (exact) mass is 237 g/mol. The summed E-state index contributed by atoms with van der Waals surface area (Å²) in [5.74, 6) is 1.47. The number of nitrogens with zero attached hydrogens (tertiary/aromatic N) is 1. The fourth-order valence-electron chi connectivity index (χ4n) is 2.78. The van der Waals surface area contributed by atoms with Crippen LogP contribution in [0.3, 0.4) is 0 Å². The Balaban J connectivity index is 2.02. The van der Waals surface area contributed by atoms with Crippen molar-refractivity contribution in [2.75, 3.05) is 0 Å². The largest absolute Gasteiger partial charge is 0.261 e. The first-order chi connectivity index (χ1) is 7.68. The number of halogens is 1. The Morgan fingerprint density at radius 2 is 2.31 bits per heavy atom. The minimum Gasteiger partial charge on any atom is -0.261 e. The molecule has 2 rings (SSSR count). The van der Waals surface area contributed by atoms with Crippen LogP contribution >= 0.6 is 11.6 Å². The van der Waals surface area contributed by atoms with Crippen molar-refractivity contribution in [1.82, 2.24) is 4.98 Å². The third-order valence-corrected chi connectivity index (χ3v) is 4.38. The topological polar surface area (TPSA) is 12.9 Å². The van der Waals surface area contributed by atoms with Crippen molar-refractivity contribution in [3.05, 3.63) is 29.6 Å². The molecule has 1 saturated carbocycles. The molecule has 1 aromatic rings. The minimum absolute atomic E-state index is 0.256. The van der Waals surface area contributed by atoms with Crippen LogP contribution in [0, 0.1) is 18.8 Å². The Hall–Kier alpha value is -0.560. The average Bonchev–Trinajstić information content (AvgIpc) is 2.68. The summed E-state index contributed by atoms with van der Waals surface area (Å²) in [7, 11) is 0. The van der Waals surface area contributed by atoms with E-state index in [1.165, 1.54) is 30.5 Å². The van der Waals surface area contributed by atoms with E-state index in [1.54, 1.807) is 0 Å². The molecule has 3 atom stereocenters. The van der Waals surface area contributed by atoms with Crippen LogP contribution in [-0.4, -0.2) is 10.4 Å².